The van der Waals surface area contributed by atoms with Gasteiger partial charge in [0.1, 0.15) is 11.6 Å². The van der Waals surface area contributed by atoms with Crippen LogP contribution in [-0.4, -0.2) is 116 Å². The van der Waals surface area contributed by atoms with Crippen LogP contribution in [0.25, 0.3) is 5.82 Å². The van der Waals surface area contributed by atoms with Crippen molar-refractivity contribution in [3.63, 3.8) is 0 Å². The van der Waals surface area contributed by atoms with Crippen LogP contribution in [0.3, 0.4) is 0 Å². The monoisotopic (exact) mass is 701 g/mol. The van der Waals surface area contributed by atoms with Gasteiger partial charge in [0.15, 0.2) is 0 Å². The summed E-state index contributed by atoms with van der Waals surface area (Å²) in [5, 5.41) is 11.4. The Morgan fingerprint density at radius 3 is 2.47 bits per heavy atom. The van der Waals surface area contributed by atoms with Gasteiger partial charge in [0.2, 0.25) is 5.95 Å². The number of rotatable bonds is 17. The maximum atomic E-state index is 13.9. The van der Waals surface area contributed by atoms with Crippen molar-refractivity contribution in [2.45, 2.75) is 46.1 Å². The first-order valence-electron chi connectivity index (χ1n) is 17.9. The van der Waals surface area contributed by atoms with Gasteiger partial charge in [0, 0.05) is 68.7 Å². The van der Waals surface area contributed by atoms with Gasteiger partial charge in [0.25, 0.3) is 5.91 Å². The molecule has 1 fully saturated rings. The number of hydrogen-bond acceptors (Lipinski definition) is 11. The van der Waals surface area contributed by atoms with Crippen LogP contribution in [0, 0.1) is 0 Å². The summed E-state index contributed by atoms with van der Waals surface area (Å²) in [6.45, 7) is 11.4. The molecule has 0 saturated carbocycles. The lowest BCUT2D eigenvalue weighted by molar-refractivity contribution is 0.0224. The number of methoxy groups -OCH3 is 2. The number of hydrogen-bond donors (Lipinski definition) is 2. The minimum atomic E-state index is -0.154. The van der Waals surface area contributed by atoms with Crippen molar-refractivity contribution in [1.82, 2.24) is 29.2 Å². The standard InChI is InChI=1S/C37H51N9O5/c1-6-29-34(31(7-2)46(42-29)18-19-50-22-23-51-21-20-48-4)40-36(47)28-12-13-45-32(28)11-8-26-25-38-37(41-35(26)45)39-30-10-9-27(24-33(30)49-5)44-16-14-43(3)15-17-44/h9-10,12-13,24-25H,6-8,11,14-23H2,1-5H3,(H,40,47)(H,38,39,41). The zero-order chi connectivity index (χ0) is 35.7. The molecule has 274 valence electrons. The molecule has 0 bridgehead atoms. The summed E-state index contributed by atoms with van der Waals surface area (Å²) >= 11 is 0. The molecule has 6 rings (SSSR count). The molecule has 2 aliphatic rings. The van der Waals surface area contributed by atoms with Gasteiger partial charge in [-0.05, 0) is 50.9 Å². The second-order valence-electron chi connectivity index (χ2n) is 12.8. The molecule has 0 aliphatic carbocycles. The zero-order valence-corrected chi connectivity index (χ0v) is 30.5. The van der Waals surface area contributed by atoms with Crippen LogP contribution >= 0.6 is 0 Å². The number of piperazine rings is 1. The van der Waals surface area contributed by atoms with Gasteiger partial charge in [0.05, 0.1) is 75.0 Å². The Morgan fingerprint density at radius 1 is 0.941 bits per heavy atom. The molecular formula is C37H51N9O5. The highest BCUT2D eigenvalue weighted by molar-refractivity contribution is 6.06. The van der Waals surface area contributed by atoms with E-state index in [1.165, 1.54) is 0 Å². The SMILES string of the molecule is CCc1nn(CCOCCOCCOC)c(CC)c1NC(=O)c1ccn2c1CCc1cnc(Nc3ccc(N4CCN(C)CC4)cc3OC)nc1-2. The average Bonchev–Trinajstić information content (AvgIpc) is 3.74. The highest BCUT2D eigenvalue weighted by atomic mass is 16.5. The van der Waals surface area contributed by atoms with E-state index in [0.29, 0.717) is 63.9 Å². The fourth-order valence-electron chi connectivity index (χ4n) is 6.67. The summed E-state index contributed by atoms with van der Waals surface area (Å²) in [4.78, 5) is 28.1. The topological polar surface area (TPSA) is 133 Å². The number of carbonyl (C=O) groups is 1. The molecule has 4 aromatic rings. The molecule has 0 spiro atoms. The van der Waals surface area contributed by atoms with E-state index in [0.717, 1.165) is 90.3 Å². The minimum absolute atomic E-state index is 0.154. The summed E-state index contributed by atoms with van der Waals surface area (Å²) in [6.07, 6.45) is 6.64. The molecule has 14 heteroatoms. The Balaban J connectivity index is 1.14. The maximum absolute atomic E-state index is 13.9. The van der Waals surface area contributed by atoms with Crippen molar-refractivity contribution in [2.24, 2.45) is 0 Å². The Bertz CT molecular complexity index is 1780. The molecule has 1 amide bonds. The number of carbonyl (C=O) groups excluding carboxylic acids is 1. The van der Waals surface area contributed by atoms with E-state index in [2.05, 4.69) is 58.4 Å². The number of aryl methyl sites for hydroxylation is 2. The smallest absolute Gasteiger partial charge is 0.257 e. The van der Waals surface area contributed by atoms with Crippen LogP contribution in [0.15, 0.2) is 36.7 Å². The zero-order valence-electron chi connectivity index (χ0n) is 30.5. The van der Waals surface area contributed by atoms with Crippen LogP contribution in [-0.2, 0) is 46.4 Å². The number of likely N-dealkylation sites (N-methyl/N-ethyl adjacent to an activating group) is 1. The van der Waals surface area contributed by atoms with Gasteiger partial charge in [-0.25, -0.2) is 4.98 Å². The van der Waals surface area contributed by atoms with Crippen LogP contribution in [0.2, 0.25) is 0 Å². The summed E-state index contributed by atoms with van der Waals surface area (Å²) in [5.74, 6) is 1.80. The Kier molecular flexibility index (Phi) is 12.2. The third-order valence-corrected chi connectivity index (χ3v) is 9.53. The molecule has 1 saturated heterocycles. The molecule has 1 aromatic carbocycles. The molecular weight excluding hydrogens is 650 g/mol. The predicted molar refractivity (Wildman–Crippen MR) is 197 cm³/mol. The Labute approximate surface area is 300 Å². The highest BCUT2D eigenvalue weighted by Crippen LogP contribution is 2.33. The second-order valence-corrected chi connectivity index (χ2v) is 12.8. The van der Waals surface area contributed by atoms with Crippen molar-refractivity contribution >= 4 is 28.9 Å². The Morgan fingerprint density at radius 2 is 1.73 bits per heavy atom. The third-order valence-electron chi connectivity index (χ3n) is 9.53. The molecule has 5 heterocycles. The number of anilines is 4. The summed E-state index contributed by atoms with van der Waals surface area (Å²) in [7, 11) is 5.48. The summed E-state index contributed by atoms with van der Waals surface area (Å²) in [5.41, 5.74) is 7.12. The maximum Gasteiger partial charge on any atom is 0.257 e. The van der Waals surface area contributed by atoms with Gasteiger partial charge in [-0.15, -0.1) is 0 Å². The van der Waals surface area contributed by atoms with Gasteiger partial charge >= 0.3 is 0 Å². The molecule has 51 heavy (non-hydrogen) atoms. The quantitative estimate of drug-likeness (QED) is 0.154. The van der Waals surface area contributed by atoms with Crippen molar-refractivity contribution < 1.29 is 23.7 Å². The van der Waals surface area contributed by atoms with Gasteiger partial charge in [-0.2, -0.15) is 10.1 Å². The van der Waals surface area contributed by atoms with E-state index in [4.69, 9.17) is 29.0 Å². The van der Waals surface area contributed by atoms with E-state index < -0.39 is 0 Å². The minimum Gasteiger partial charge on any atom is -0.494 e. The first-order valence-corrected chi connectivity index (χ1v) is 17.9. The number of nitrogens with one attached hydrogen (secondary N) is 2. The van der Waals surface area contributed by atoms with Crippen molar-refractivity contribution in [3.8, 4) is 11.6 Å². The van der Waals surface area contributed by atoms with Crippen molar-refractivity contribution in [2.75, 3.05) is 96.0 Å². The van der Waals surface area contributed by atoms with E-state index in [1.807, 2.05) is 33.8 Å². The normalized spacial score (nSPS) is 14.3. The van der Waals surface area contributed by atoms with Crippen molar-refractivity contribution in [1.29, 1.82) is 0 Å². The molecule has 0 atom stereocenters. The fraction of sp³-hybridized carbons (Fsp3) is 0.514. The highest BCUT2D eigenvalue weighted by Gasteiger charge is 2.26. The van der Waals surface area contributed by atoms with Gasteiger partial charge < -0.3 is 43.9 Å². The Hall–Kier alpha value is -4.50. The number of fused-ring (bicyclic) bond motifs is 3. The number of ether oxygens (including phenoxy) is 4. The fourth-order valence-corrected chi connectivity index (χ4v) is 6.67. The predicted octanol–water partition coefficient (Wildman–Crippen LogP) is 4.12. The van der Waals surface area contributed by atoms with E-state index in [-0.39, 0.29) is 5.91 Å². The van der Waals surface area contributed by atoms with Crippen LogP contribution in [0.4, 0.5) is 23.0 Å². The summed E-state index contributed by atoms with van der Waals surface area (Å²) in [6, 6.07) is 8.06. The van der Waals surface area contributed by atoms with E-state index in [9.17, 15) is 4.79 Å². The van der Waals surface area contributed by atoms with Crippen molar-refractivity contribution in [3.05, 3.63) is 64.9 Å². The largest absolute Gasteiger partial charge is 0.494 e. The molecule has 14 nitrogen and oxygen atoms in total. The molecule has 0 radical (unpaired) electrons. The lowest BCUT2D eigenvalue weighted by atomic mass is 10.0. The van der Waals surface area contributed by atoms with E-state index >= 15 is 0 Å². The lowest BCUT2D eigenvalue weighted by Crippen LogP contribution is -2.44. The van der Waals surface area contributed by atoms with Gasteiger partial charge in [-0.3, -0.25) is 9.48 Å². The van der Waals surface area contributed by atoms with Crippen LogP contribution < -0.4 is 20.3 Å². The number of aromatic nitrogens is 5. The number of benzene rings is 1. The first kappa shape index (κ1) is 36.3. The number of nitrogens with zero attached hydrogens (tertiary/aromatic N) is 7. The molecule has 2 aliphatic heterocycles. The molecule has 2 N–H and O–H groups in total. The van der Waals surface area contributed by atoms with Gasteiger partial charge in [-0.1, -0.05) is 13.8 Å². The summed E-state index contributed by atoms with van der Waals surface area (Å²) < 4.78 is 26.0. The third kappa shape index (κ3) is 8.36. The van der Waals surface area contributed by atoms with Crippen LogP contribution in [0.5, 0.6) is 5.75 Å². The second kappa shape index (κ2) is 17.1. The van der Waals surface area contributed by atoms with Crippen LogP contribution in [0.1, 0.15) is 46.9 Å². The number of amides is 1. The average molecular weight is 702 g/mol. The molecule has 0 unspecified atom stereocenters. The first-order chi connectivity index (χ1) is 24.9. The van der Waals surface area contributed by atoms with E-state index in [1.54, 1.807) is 14.2 Å². The lowest BCUT2D eigenvalue weighted by Gasteiger charge is -2.34. The molecule has 3 aromatic heterocycles.